The summed E-state index contributed by atoms with van der Waals surface area (Å²) in [5.74, 6) is 0.532. The van der Waals surface area contributed by atoms with Crippen molar-refractivity contribution in [1.29, 1.82) is 0 Å². The van der Waals surface area contributed by atoms with Crippen molar-refractivity contribution in [2.24, 2.45) is 0 Å². The van der Waals surface area contributed by atoms with Crippen molar-refractivity contribution in [3.05, 3.63) is 47.7 Å². The summed E-state index contributed by atoms with van der Waals surface area (Å²) in [5, 5.41) is 3.09. The number of hydrogen-bond donors (Lipinski definition) is 2. The van der Waals surface area contributed by atoms with E-state index in [4.69, 9.17) is 22.1 Å². The van der Waals surface area contributed by atoms with E-state index in [9.17, 15) is 4.79 Å². The Morgan fingerprint density at radius 1 is 1.25 bits per heavy atom. The molecule has 104 valence electrons. The largest absolute Gasteiger partial charge is 0.493 e. The van der Waals surface area contributed by atoms with Gasteiger partial charge < -0.3 is 15.8 Å². The first-order chi connectivity index (χ1) is 9.63. The Morgan fingerprint density at radius 2 is 2.00 bits per heavy atom. The highest BCUT2D eigenvalue weighted by molar-refractivity contribution is 6.29. The van der Waals surface area contributed by atoms with Crippen LogP contribution in [0.1, 0.15) is 6.42 Å². The van der Waals surface area contributed by atoms with Gasteiger partial charge in [-0.05, 0) is 36.4 Å². The highest BCUT2D eigenvalue weighted by Gasteiger charge is 2.03. The number of rotatable bonds is 5. The van der Waals surface area contributed by atoms with E-state index in [-0.39, 0.29) is 18.9 Å². The SMILES string of the molecule is Nc1ccc(OCCC(=O)Nc2ccc(Cl)nc2)cc1. The number of aromatic nitrogens is 1. The Labute approximate surface area is 121 Å². The molecule has 0 radical (unpaired) electrons. The molecule has 5 nitrogen and oxygen atoms in total. The van der Waals surface area contributed by atoms with Crippen LogP contribution in [0.15, 0.2) is 42.6 Å². The standard InChI is InChI=1S/C14H14ClN3O2/c15-13-6-3-11(9-17-13)18-14(19)7-8-20-12-4-1-10(16)2-5-12/h1-6,9H,7-8,16H2,(H,18,19). The van der Waals surface area contributed by atoms with Gasteiger partial charge in [-0.2, -0.15) is 0 Å². The van der Waals surface area contributed by atoms with Gasteiger partial charge in [-0.3, -0.25) is 4.79 Å². The predicted molar refractivity (Wildman–Crippen MR) is 78.8 cm³/mol. The molecule has 0 bridgehead atoms. The summed E-state index contributed by atoms with van der Waals surface area (Å²) in [6.45, 7) is 0.288. The van der Waals surface area contributed by atoms with Crippen LogP contribution in [0, 0.1) is 0 Å². The fourth-order valence-electron chi connectivity index (χ4n) is 1.50. The molecule has 0 spiro atoms. The molecule has 0 saturated carbocycles. The molecule has 0 aliphatic heterocycles. The van der Waals surface area contributed by atoms with Gasteiger partial charge in [0.25, 0.3) is 0 Å². The van der Waals surface area contributed by atoms with E-state index in [0.29, 0.717) is 22.3 Å². The Morgan fingerprint density at radius 3 is 2.65 bits per heavy atom. The first-order valence-electron chi connectivity index (χ1n) is 6.03. The first-order valence-corrected chi connectivity index (χ1v) is 6.41. The number of nitrogens with one attached hydrogen (secondary N) is 1. The molecular formula is C14H14ClN3O2. The Hall–Kier alpha value is -2.27. The van der Waals surface area contributed by atoms with Crippen molar-refractivity contribution in [3.8, 4) is 5.75 Å². The van der Waals surface area contributed by atoms with Crippen LogP contribution in [0.3, 0.4) is 0 Å². The molecule has 0 unspecified atom stereocenters. The second kappa shape index (κ2) is 6.77. The molecule has 0 fully saturated rings. The molecule has 1 amide bonds. The minimum Gasteiger partial charge on any atom is -0.493 e. The monoisotopic (exact) mass is 291 g/mol. The van der Waals surface area contributed by atoms with Gasteiger partial charge in [0.15, 0.2) is 0 Å². The van der Waals surface area contributed by atoms with E-state index >= 15 is 0 Å². The van der Waals surface area contributed by atoms with Crippen LogP contribution in [0.25, 0.3) is 0 Å². The zero-order valence-electron chi connectivity index (χ0n) is 10.7. The lowest BCUT2D eigenvalue weighted by Crippen LogP contribution is -2.15. The van der Waals surface area contributed by atoms with Gasteiger partial charge in [0.05, 0.1) is 24.9 Å². The third-order valence-corrected chi connectivity index (χ3v) is 2.71. The van der Waals surface area contributed by atoms with Gasteiger partial charge in [-0.1, -0.05) is 11.6 Å². The van der Waals surface area contributed by atoms with Crippen LogP contribution in [-0.4, -0.2) is 17.5 Å². The number of nitrogens with two attached hydrogens (primary N) is 1. The van der Waals surface area contributed by atoms with Crippen LogP contribution >= 0.6 is 11.6 Å². The summed E-state index contributed by atoms with van der Waals surface area (Å²) < 4.78 is 5.44. The first kappa shape index (κ1) is 14.1. The van der Waals surface area contributed by atoms with Crippen molar-refractivity contribution < 1.29 is 9.53 Å². The Balaban J connectivity index is 1.75. The number of carbonyl (C=O) groups excluding carboxylic acids is 1. The number of halogens is 1. The summed E-state index contributed by atoms with van der Waals surface area (Å²) in [7, 11) is 0. The summed E-state index contributed by atoms with van der Waals surface area (Å²) in [4.78, 5) is 15.5. The van der Waals surface area contributed by atoms with E-state index in [1.54, 1.807) is 36.4 Å². The molecule has 2 aromatic rings. The number of pyridine rings is 1. The van der Waals surface area contributed by atoms with Gasteiger partial charge in [-0.15, -0.1) is 0 Å². The number of amides is 1. The zero-order valence-corrected chi connectivity index (χ0v) is 11.4. The van der Waals surface area contributed by atoms with Crippen LogP contribution in [0.5, 0.6) is 5.75 Å². The van der Waals surface area contributed by atoms with Gasteiger partial charge >= 0.3 is 0 Å². The number of ether oxygens (including phenoxy) is 1. The minimum absolute atomic E-state index is 0.149. The normalized spacial score (nSPS) is 10.1. The molecule has 0 aliphatic rings. The molecule has 6 heteroatoms. The molecule has 0 saturated heterocycles. The molecule has 1 aromatic heterocycles. The predicted octanol–water partition coefficient (Wildman–Crippen LogP) is 2.72. The average Bonchev–Trinajstić information content (AvgIpc) is 2.44. The van der Waals surface area contributed by atoms with E-state index < -0.39 is 0 Å². The number of benzene rings is 1. The van der Waals surface area contributed by atoms with Crippen molar-refractivity contribution in [2.45, 2.75) is 6.42 Å². The average molecular weight is 292 g/mol. The highest BCUT2D eigenvalue weighted by Crippen LogP contribution is 2.13. The van der Waals surface area contributed by atoms with Crippen molar-refractivity contribution in [2.75, 3.05) is 17.7 Å². The van der Waals surface area contributed by atoms with E-state index in [0.717, 1.165) is 0 Å². The molecule has 1 heterocycles. The third kappa shape index (κ3) is 4.44. The lowest BCUT2D eigenvalue weighted by Gasteiger charge is -2.07. The van der Waals surface area contributed by atoms with E-state index in [2.05, 4.69) is 10.3 Å². The van der Waals surface area contributed by atoms with Crippen molar-refractivity contribution in [3.63, 3.8) is 0 Å². The fourth-order valence-corrected chi connectivity index (χ4v) is 1.61. The topological polar surface area (TPSA) is 77.2 Å². The van der Waals surface area contributed by atoms with Gasteiger partial charge in [-0.25, -0.2) is 4.98 Å². The number of nitrogen functional groups attached to an aromatic ring is 1. The maximum Gasteiger partial charge on any atom is 0.227 e. The smallest absolute Gasteiger partial charge is 0.227 e. The van der Waals surface area contributed by atoms with Crippen molar-refractivity contribution in [1.82, 2.24) is 4.98 Å². The highest BCUT2D eigenvalue weighted by atomic mass is 35.5. The molecule has 2 rings (SSSR count). The lowest BCUT2D eigenvalue weighted by molar-refractivity contribution is -0.116. The quantitative estimate of drug-likeness (QED) is 0.656. The van der Waals surface area contributed by atoms with Gasteiger partial charge in [0.2, 0.25) is 5.91 Å². The molecule has 20 heavy (non-hydrogen) atoms. The molecule has 3 N–H and O–H groups in total. The van der Waals surface area contributed by atoms with Crippen molar-refractivity contribution >= 4 is 28.9 Å². The Kier molecular flexibility index (Phi) is 4.79. The van der Waals surface area contributed by atoms with Gasteiger partial charge in [0.1, 0.15) is 10.9 Å². The fraction of sp³-hybridized carbons (Fsp3) is 0.143. The van der Waals surface area contributed by atoms with Crippen LogP contribution in [-0.2, 0) is 4.79 Å². The van der Waals surface area contributed by atoms with E-state index in [1.807, 2.05) is 0 Å². The summed E-state index contributed by atoms with van der Waals surface area (Å²) in [6, 6.07) is 10.3. The molecule has 1 aromatic carbocycles. The minimum atomic E-state index is -0.149. The Bertz CT molecular complexity index is 570. The molecule has 0 aliphatic carbocycles. The number of nitrogens with zero attached hydrogens (tertiary/aromatic N) is 1. The molecular weight excluding hydrogens is 278 g/mol. The number of hydrogen-bond acceptors (Lipinski definition) is 4. The van der Waals surface area contributed by atoms with Gasteiger partial charge in [0, 0.05) is 5.69 Å². The third-order valence-electron chi connectivity index (χ3n) is 2.49. The second-order valence-electron chi connectivity index (χ2n) is 4.09. The van der Waals surface area contributed by atoms with Crippen LogP contribution in [0.2, 0.25) is 5.15 Å². The lowest BCUT2D eigenvalue weighted by atomic mass is 10.3. The summed E-state index contributed by atoms with van der Waals surface area (Å²) in [6.07, 6.45) is 1.74. The summed E-state index contributed by atoms with van der Waals surface area (Å²) in [5.41, 5.74) is 6.84. The summed E-state index contributed by atoms with van der Waals surface area (Å²) >= 11 is 5.66. The zero-order chi connectivity index (χ0) is 14.4. The van der Waals surface area contributed by atoms with E-state index in [1.165, 1.54) is 6.20 Å². The number of anilines is 2. The van der Waals surface area contributed by atoms with Crippen LogP contribution < -0.4 is 15.8 Å². The van der Waals surface area contributed by atoms with Crippen LogP contribution in [0.4, 0.5) is 11.4 Å². The second-order valence-corrected chi connectivity index (χ2v) is 4.47. The maximum atomic E-state index is 11.7. The molecule has 0 atom stereocenters. The number of carbonyl (C=O) groups is 1. The maximum absolute atomic E-state index is 11.7.